The molecule has 0 bridgehead atoms. The van der Waals surface area contributed by atoms with Crippen molar-refractivity contribution in [2.24, 2.45) is 0 Å². The van der Waals surface area contributed by atoms with Crippen LogP contribution in [-0.4, -0.2) is 37.8 Å². The van der Waals surface area contributed by atoms with Gasteiger partial charge < -0.3 is 4.74 Å². The number of Topliss-reactive ketones (excluding diaryl/α,β-unsaturated/α-hetero) is 1. The third-order valence-corrected chi connectivity index (χ3v) is 9.59. The van der Waals surface area contributed by atoms with Crippen LogP contribution in [0.25, 0.3) is 0 Å². The molecule has 0 aromatic heterocycles. The zero-order valence-corrected chi connectivity index (χ0v) is 20.1. The Morgan fingerprint density at radius 3 is 2.45 bits per heavy atom. The van der Waals surface area contributed by atoms with Gasteiger partial charge in [0.1, 0.15) is 16.9 Å². The second-order valence-corrected chi connectivity index (χ2v) is 11.6. The predicted molar refractivity (Wildman–Crippen MR) is 126 cm³/mol. The van der Waals surface area contributed by atoms with Crippen LogP contribution in [0.15, 0.2) is 48.5 Å². The fraction of sp³-hybridized carbons (Fsp3) is 0.500. The third kappa shape index (κ3) is 4.91. The van der Waals surface area contributed by atoms with E-state index in [1.165, 1.54) is 10.4 Å². The van der Waals surface area contributed by atoms with E-state index >= 15 is 4.39 Å². The number of sulfonamides is 1. The molecule has 2 aliphatic rings. The summed E-state index contributed by atoms with van der Waals surface area (Å²) in [5.41, 5.74) is 1.49. The highest BCUT2D eigenvalue weighted by molar-refractivity contribution is 7.89. The molecule has 2 heterocycles. The fourth-order valence-electron chi connectivity index (χ4n) is 5.33. The first-order chi connectivity index (χ1) is 15.7. The van der Waals surface area contributed by atoms with Crippen molar-refractivity contribution >= 4 is 15.8 Å². The first-order valence-corrected chi connectivity index (χ1v) is 13.1. The van der Waals surface area contributed by atoms with E-state index in [9.17, 15) is 13.2 Å². The monoisotopic (exact) mass is 473 g/mol. The number of ether oxygens (including phenoxy) is 1. The molecule has 0 saturated carbocycles. The smallest absolute Gasteiger partial charge is 0.221 e. The second-order valence-electron chi connectivity index (χ2n) is 9.49. The van der Waals surface area contributed by atoms with Crippen molar-refractivity contribution < 1.29 is 22.3 Å². The molecule has 33 heavy (non-hydrogen) atoms. The van der Waals surface area contributed by atoms with Gasteiger partial charge in [-0.2, -0.15) is 4.31 Å². The van der Waals surface area contributed by atoms with Crippen molar-refractivity contribution in [2.45, 2.75) is 69.2 Å². The molecule has 2 atom stereocenters. The predicted octanol–water partition coefficient (Wildman–Crippen LogP) is 4.91. The lowest BCUT2D eigenvalue weighted by atomic mass is 9.71. The van der Waals surface area contributed by atoms with Gasteiger partial charge in [-0.1, -0.05) is 42.5 Å². The number of halogens is 1. The minimum absolute atomic E-state index is 0.00175. The standard InChI is InChI=1S/C26H32FNO4S/c1-19-8-11-25(21-6-4-3-5-7-21)33(30,31)28(19)18-22-9-10-23(16-24(22)27)26(17-20(2)29)12-14-32-15-13-26/h3-7,9-10,16,19,25H,8,11-15,17-18H2,1-2H3/t19-,25+/m0/s1. The van der Waals surface area contributed by atoms with Gasteiger partial charge >= 0.3 is 0 Å². The van der Waals surface area contributed by atoms with E-state index in [4.69, 9.17) is 4.74 Å². The van der Waals surface area contributed by atoms with Gasteiger partial charge in [-0.05, 0) is 56.7 Å². The van der Waals surface area contributed by atoms with E-state index in [2.05, 4.69) is 0 Å². The number of hydrogen-bond acceptors (Lipinski definition) is 4. The Labute approximate surface area is 196 Å². The number of carbonyl (C=O) groups is 1. The SMILES string of the molecule is CC(=O)CC1(c2ccc(CN3[C@@H](C)CC[C@H](c4ccccc4)S3(=O)=O)c(F)c2)CCOCC1. The zero-order valence-electron chi connectivity index (χ0n) is 19.3. The van der Waals surface area contributed by atoms with Crippen LogP contribution in [0.4, 0.5) is 4.39 Å². The van der Waals surface area contributed by atoms with E-state index in [1.54, 1.807) is 13.0 Å². The molecule has 7 heteroatoms. The summed E-state index contributed by atoms with van der Waals surface area (Å²) in [7, 11) is -3.63. The largest absolute Gasteiger partial charge is 0.381 e. The summed E-state index contributed by atoms with van der Waals surface area (Å²) in [6.07, 6.45) is 2.97. The summed E-state index contributed by atoms with van der Waals surface area (Å²) in [6.45, 7) is 4.53. The Hall–Kier alpha value is -2.09. The normalized spacial score (nSPS) is 24.9. The maximum absolute atomic E-state index is 15.3. The van der Waals surface area contributed by atoms with Gasteiger partial charge in [-0.15, -0.1) is 0 Å². The molecule has 0 amide bonds. The molecule has 2 aliphatic heterocycles. The molecule has 0 aliphatic carbocycles. The van der Waals surface area contributed by atoms with Gasteiger partial charge in [0.2, 0.25) is 10.0 Å². The van der Waals surface area contributed by atoms with E-state index in [0.717, 1.165) is 17.5 Å². The number of nitrogens with zero attached hydrogens (tertiary/aromatic N) is 1. The van der Waals surface area contributed by atoms with Crippen molar-refractivity contribution in [1.82, 2.24) is 4.31 Å². The molecule has 178 valence electrons. The molecular formula is C26H32FNO4S. The topological polar surface area (TPSA) is 63.7 Å². The van der Waals surface area contributed by atoms with Crippen LogP contribution in [0, 0.1) is 5.82 Å². The first-order valence-electron chi connectivity index (χ1n) is 11.6. The molecule has 0 radical (unpaired) electrons. The highest BCUT2D eigenvalue weighted by Crippen LogP contribution is 2.40. The van der Waals surface area contributed by atoms with Gasteiger partial charge in [0, 0.05) is 43.2 Å². The molecule has 4 rings (SSSR count). The number of rotatable bonds is 6. The third-order valence-electron chi connectivity index (χ3n) is 7.22. The molecule has 2 aromatic rings. The molecule has 2 saturated heterocycles. The highest BCUT2D eigenvalue weighted by Gasteiger charge is 2.41. The van der Waals surface area contributed by atoms with E-state index in [1.807, 2.05) is 43.3 Å². The minimum Gasteiger partial charge on any atom is -0.381 e. The molecule has 2 fully saturated rings. The maximum Gasteiger partial charge on any atom is 0.221 e. The first kappa shape index (κ1) is 24.0. The molecule has 0 unspecified atom stereocenters. The zero-order chi connectivity index (χ0) is 23.6. The Bertz CT molecular complexity index is 1100. The Morgan fingerprint density at radius 1 is 1.12 bits per heavy atom. The van der Waals surface area contributed by atoms with Gasteiger partial charge in [-0.3, -0.25) is 4.79 Å². The van der Waals surface area contributed by atoms with Crippen LogP contribution in [0.1, 0.15) is 67.9 Å². The van der Waals surface area contributed by atoms with Crippen molar-refractivity contribution in [3.8, 4) is 0 Å². The molecule has 5 nitrogen and oxygen atoms in total. The van der Waals surface area contributed by atoms with Gasteiger partial charge in [0.25, 0.3) is 0 Å². The minimum atomic E-state index is -3.63. The maximum atomic E-state index is 15.3. The fourth-order valence-corrected chi connectivity index (χ4v) is 7.52. The Kier molecular flexibility index (Phi) is 7.03. The average molecular weight is 474 g/mol. The van der Waals surface area contributed by atoms with Crippen molar-refractivity contribution in [3.63, 3.8) is 0 Å². The Morgan fingerprint density at radius 2 is 1.82 bits per heavy atom. The van der Waals surface area contributed by atoms with Crippen LogP contribution in [0.5, 0.6) is 0 Å². The summed E-state index contributed by atoms with van der Waals surface area (Å²) in [6, 6.07) is 14.1. The van der Waals surface area contributed by atoms with Crippen LogP contribution in [0.2, 0.25) is 0 Å². The molecule has 0 N–H and O–H groups in total. The Balaban J connectivity index is 1.61. The molecule has 0 spiro atoms. The lowest BCUT2D eigenvalue weighted by Gasteiger charge is -2.38. The second kappa shape index (κ2) is 9.65. The van der Waals surface area contributed by atoms with E-state index in [0.29, 0.717) is 44.5 Å². The lowest BCUT2D eigenvalue weighted by molar-refractivity contribution is -0.119. The van der Waals surface area contributed by atoms with Crippen molar-refractivity contribution in [2.75, 3.05) is 13.2 Å². The van der Waals surface area contributed by atoms with Crippen molar-refractivity contribution in [3.05, 3.63) is 71.0 Å². The summed E-state index contributed by atoms with van der Waals surface area (Å²) in [4.78, 5) is 12.0. The average Bonchev–Trinajstić information content (AvgIpc) is 2.78. The lowest BCUT2D eigenvalue weighted by Crippen LogP contribution is -2.44. The quantitative estimate of drug-likeness (QED) is 0.598. The number of hydrogen-bond donors (Lipinski definition) is 0. The summed E-state index contributed by atoms with van der Waals surface area (Å²) >= 11 is 0. The van der Waals surface area contributed by atoms with Crippen LogP contribution in [0.3, 0.4) is 0 Å². The van der Waals surface area contributed by atoms with Crippen LogP contribution in [-0.2, 0) is 31.5 Å². The highest BCUT2D eigenvalue weighted by atomic mass is 32.2. The van der Waals surface area contributed by atoms with Gasteiger partial charge in [0.15, 0.2) is 0 Å². The number of carbonyl (C=O) groups excluding carboxylic acids is 1. The van der Waals surface area contributed by atoms with E-state index < -0.39 is 26.5 Å². The summed E-state index contributed by atoms with van der Waals surface area (Å²) < 4.78 is 49.2. The van der Waals surface area contributed by atoms with Gasteiger partial charge in [-0.25, -0.2) is 12.8 Å². The summed E-state index contributed by atoms with van der Waals surface area (Å²) in [5, 5.41) is -0.613. The van der Waals surface area contributed by atoms with Gasteiger partial charge in [0.05, 0.1) is 0 Å². The molecular weight excluding hydrogens is 441 g/mol. The molecule has 2 aromatic carbocycles. The summed E-state index contributed by atoms with van der Waals surface area (Å²) in [5.74, 6) is -0.354. The van der Waals surface area contributed by atoms with Crippen LogP contribution < -0.4 is 0 Å². The number of ketones is 1. The van der Waals surface area contributed by atoms with Crippen molar-refractivity contribution in [1.29, 1.82) is 0 Å². The van der Waals surface area contributed by atoms with E-state index in [-0.39, 0.29) is 18.4 Å². The van der Waals surface area contributed by atoms with Crippen LogP contribution >= 0.6 is 0 Å². The number of benzene rings is 2.